The molecule has 1 heterocycles. The third-order valence-corrected chi connectivity index (χ3v) is 1.48. The molecule has 1 rings (SSSR count). The average molecular weight is 233 g/mol. The third kappa shape index (κ3) is 1.68. The van der Waals surface area contributed by atoms with Crippen molar-refractivity contribution in [3.05, 3.63) is 12.3 Å². The Bertz CT molecular complexity index is 201. The van der Waals surface area contributed by atoms with E-state index in [0.29, 0.717) is 5.71 Å². The highest BCUT2D eigenvalue weighted by Crippen LogP contribution is 2.02. The zero-order valence-corrected chi connectivity index (χ0v) is 6.66. The van der Waals surface area contributed by atoms with Crippen LogP contribution in [-0.2, 0) is 0 Å². The summed E-state index contributed by atoms with van der Waals surface area (Å²) >= 11 is 2.09. The van der Waals surface area contributed by atoms with E-state index in [1.54, 1.807) is 12.3 Å². The summed E-state index contributed by atoms with van der Waals surface area (Å²) in [4.78, 5) is 3.94. The van der Waals surface area contributed by atoms with Crippen LogP contribution in [0.5, 0.6) is 0 Å². The fraction of sp³-hybridized carbons (Fsp3) is 0.200. The molecule has 1 aliphatic rings. The summed E-state index contributed by atoms with van der Waals surface area (Å²) in [7, 11) is 0. The normalized spacial score (nSPS) is 24.0. The monoisotopic (exact) mass is 233 g/mol. The number of nitrogens with zero attached hydrogens (tertiary/aromatic N) is 2. The van der Waals surface area contributed by atoms with Crippen molar-refractivity contribution in [1.29, 1.82) is 5.26 Å². The maximum atomic E-state index is 8.35. The summed E-state index contributed by atoms with van der Waals surface area (Å²) < 4.78 is 0.0160. The van der Waals surface area contributed by atoms with Gasteiger partial charge in [0.05, 0.1) is 0 Å². The molecule has 0 bridgehead atoms. The molecule has 3 nitrogen and oxygen atoms in total. The van der Waals surface area contributed by atoms with Gasteiger partial charge in [-0.2, -0.15) is 5.26 Å². The van der Waals surface area contributed by atoms with Crippen LogP contribution in [0.1, 0.15) is 0 Å². The zero-order chi connectivity index (χ0) is 6.69. The molecule has 0 saturated carbocycles. The van der Waals surface area contributed by atoms with Gasteiger partial charge in [0.15, 0.2) is 4.17 Å². The zero-order valence-electron chi connectivity index (χ0n) is 4.50. The number of allylic oxidation sites excluding steroid dienone is 1. The molecule has 1 unspecified atom stereocenters. The smallest absolute Gasteiger partial charge is 0.172 e. The second-order valence-corrected chi connectivity index (χ2v) is 2.64. The lowest BCUT2D eigenvalue weighted by atomic mass is 10.4. The van der Waals surface area contributed by atoms with Crippen LogP contribution in [0, 0.1) is 11.3 Å². The summed E-state index contributed by atoms with van der Waals surface area (Å²) in [6.07, 6.45) is 3.37. The number of aliphatic imine (C=N–C) groups is 1. The maximum Gasteiger partial charge on any atom is 0.172 e. The molecule has 4 heteroatoms. The van der Waals surface area contributed by atoms with E-state index in [-0.39, 0.29) is 4.17 Å². The van der Waals surface area contributed by atoms with Crippen molar-refractivity contribution in [3.8, 4) is 6.07 Å². The first-order valence-corrected chi connectivity index (χ1v) is 3.62. The van der Waals surface area contributed by atoms with E-state index in [0.717, 1.165) is 0 Å². The van der Waals surface area contributed by atoms with Crippen LogP contribution in [0.15, 0.2) is 17.3 Å². The van der Waals surface area contributed by atoms with Crippen molar-refractivity contribution in [2.24, 2.45) is 4.99 Å². The fourth-order valence-electron chi connectivity index (χ4n) is 0.475. The van der Waals surface area contributed by atoms with E-state index in [1.807, 2.05) is 6.07 Å². The second kappa shape index (κ2) is 2.82. The van der Waals surface area contributed by atoms with Crippen LogP contribution in [0.3, 0.4) is 0 Å². The Morgan fingerprint density at radius 2 is 2.67 bits per heavy atom. The molecule has 0 aromatic carbocycles. The molecule has 0 saturated heterocycles. The standard InChI is InChI=1S/C5H4IN3/c6-5-8-2-1-4(3-7)9-5/h1-2,5,8H. The predicted molar refractivity (Wildman–Crippen MR) is 43.1 cm³/mol. The molecule has 1 aliphatic heterocycles. The van der Waals surface area contributed by atoms with Crippen molar-refractivity contribution in [3.63, 3.8) is 0 Å². The van der Waals surface area contributed by atoms with E-state index < -0.39 is 0 Å². The minimum Gasteiger partial charge on any atom is -0.362 e. The first kappa shape index (κ1) is 6.55. The van der Waals surface area contributed by atoms with Crippen LogP contribution in [-0.4, -0.2) is 9.88 Å². The van der Waals surface area contributed by atoms with Gasteiger partial charge in [0.25, 0.3) is 0 Å². The minimum atomic E-state index is 0.0160. The molecule has 0 spiro atoms. The Morgan fingerprint density at radius 3 is 3.11 bits per heavy atom. The summed E-state index contributed by atoms with van der Waals surface area (Å²) in [6.45, 7) is 0. The molecule has 0 radical (unpaired) electrons. The number of halogens is 1. The van der Waals surface area contributed by atoms with E-state index >= 15 is 0 Å². The van der Waals surface area contributed by atoms with Gasteiger partial charge >= 0.3 is 0 Å². The SMILES string of the molecule is N#CC1=NC(I)NC=C1. The van der Waals surface area contributed by atoms with Gasteiger partial charge in [0.1, 0.15) is 11.8 Å². The molecule has 46 valence electrons. The highest BCUT2D eigenvalue weighted by molar-refractivity contribution is 14.1. The Labute approximate surface area is 66.6 Å². The number of alkyl halides is 1. The fourth-order valence-corrected chi connectivity index (χ4v) is 0.983. The summed E-state index contributed by atoms with van der Waals surface area (Å²) in [6, 6.07) is 1.95. The minimum absolute atomic E-state index is 0.0160. The van der Waals surface area contributed by atoms with Crippen molar-refractivity contribution >= 4 is 28.3 Å². The first-order valence-electron chi connectivity index (χ1n) is 2.37. The summed E-state index contributed by atoms with van der Waals surface area (Å²) in [5.41, 5.74) is 0.480. The van der Waals surface area contributed by atoms with Gasteiger partial charge < -0.3 is 5.32 Å². The Balaban J connectivity index is 2.74. The molecule has 0 aromatic rings. The first-order chi connectivity index (χ1) is 4.33. The topological polar surface area (TPSA) is 48.2 Å². The van der Waals surface area contributed by atoms with Crippen molar-refractivity contribution < 1.29 is 0 Å². The van der Waals surface area contributed by atoms with Crippen LogP contribution >= 0.6 is 22.6 Å². The van der Waals surface area contributed by atoms with Crippen LogP contribution in [0.2, 0.25) is 0 Å². The Hall–Kier alpha value is -0.570. The quantitative estimate of drug-likeness (QED) is 0.382. The van der Waals surface area contributed by atoms with Crippen molar-refractivity contribution in [2.45, 2.75) is 4.17 Å². The highest BCUT2D eigenvalue weighted by atomic mass is 127. The van der Waals surface area contributed by atoms with Gasteiger partial charge in [-0.05, 0) is 28.7 Å². The molecule has 0 amide bonds. The number of nitriles is 1. The molecule has 1 atom stereocenters. The number of nitrogens with one attached hydrogen (secondary N) is 1. The molecule has 0 fully saturated rings. The number of hydrogen-bond donors (Lipinski definition) is 1. The predicted octanol–water partition coefficient (Wildman–Crippen LogP) is 0.786. The van der Waals surface area contributed by atoms with E-state index in [4.69, 9.17) is 5.26 Å². The maximum absolute atomic E-state index is 8.35. The Kier molecular flexibility index (Phi) is 2.05. The number of rotatable bonds is 0. The van der Waals surface area contributed by atoms with Crippen molar-refractivity contribution in [1.82, 2.24) is 5.32 Å². The highest BCUT2D eigenvalue weighted by Gasteiger charge is 2.02. The third-order valence-electron chi connectivity index (χ3n) is 0.842. The van der Waals surface area contributed by atoms with Gasteiger partial charge in [0.2, 0.25) is 0 Å². The van der Waals surface area contributed by atoms with Crippen LogP contribution in [0.25, 0.3) is 0 Å². The van der Waals surface area contributed by atoms with E-state index in [1.165, 1.54) is 0 Å². The van der Waals surface area contributed by atoms with E-state index in [9.17, 15) is 0 Å². The second-order valence-electron chi connectivity index (χ2n) is 1.46. The van der Waals surface area contributed by atoms with Crippen LogP contribution < -0.4 is 5.32 Å². The molecular weight excluding hydrogens is 229 g/mol. The summed E-state index contributed by atoms with van der Waals surface area (Å²) in [5.74, 6) is 0. The molecular formula is C5H4IN3. The lowest BCUT2D eigenvalue weighted by molar-refractivity contribution is 0.844. The van der Waals surface area contributed by atoms with Gasteiger partial charge in [-0.1, -0.05) is 0 Å². The molecule has 9 heavy (non-hydrogen) atoms. The van der Waals surface area contributed by atoms with Crippen LogP contribution in [0.4, 0.5) is 0 Å². The molecule has 0 aliphatic carbocycles. The molecule has 0 aromatic heterocycles. The lowest BCUT2D eigenvalue weighted by Gasteiger charge is -2.07. The van der Waals surface area contributed by atoms with Gasteiger partial charge in [-0.15, -0.1) is 0 Å². The summed E-state index contributed by atoms with van der Waals surface area (Å²) in [5, 5.41) is 11.3. The van der Waals surface area contributed by atoms with Gasteiger partial charge in [-0.3, -0.25) is 0 Å². The largest absolute Gasteiger partial charge is 0.362 e. The molecule has 1 N–H and O–H groups in total. The Morgan fingerprint density at radius 1 is 1.89 bits per heavy atom. The average Bonchev–Trinajstić information content (AvgIpc) is 1.88. The van der Waals surface area contributed by atoms with E-state index in [2.05, 4.69) is 32.9 Å². The van der Waals surface area contributed by atoms with Crippen molar-refractivity contribution in [2.75, 3.05) is 0 Å². The van der Waals surface area contributed by atoms with Gasteiger partial charge in [-0.25, -0.2) is 4.99 Å². The lowest BCUT2D eigenvalue weighted by Crippen LogP contribution is -2.19. The van der Waals surface area contributed by atoms with Gasteiger partial charge in [0, 0.05) is 6.20 Å². The number of hydrogen-bond acceptors (Lipinski definition) is 3.